The number of hydrogen-bond donors (Lipinski definition) is 2. The molecule has 156 valence electrons. The van der Waals surface area contributed by atoms with E-state index in [9.17, 15) is 23.3 Å². The summed E-state index contributed by atoms with van der Waals surface area (Å²) in [5.74, 6) is 0.407. The molecule has 1 fully saturated rings. The molecule has 4 rings (SSSR count). The van der Waals surface area contributed by atoms with Crippen LogP contribution in [0.15, 0.2) is 42.7 Å². The minimum Gasteiger partial charge on any atom is -0.361 e. The highest BCUT2D eigenvalue weighted by Crippen LogP contribution is 2.30. The third-order valence-electron chi connectivity index (χ3n) is 4.42. The zero-order valence-electron chi connectivity index (χ0n) is 15.4. The molecule has 0 spiro atoms. The van der Waals surface area contributed by atoms with Crippen LogP contribution in [0.5, 0.6) is 0 Å². The highest BCUT2D eigenvalue weighted by molar-refractivity contribution is 5.58. The average molecular weight is 419 g/mol. The Bertz CT molecular complexity index is 1060. The number of nitrogens with one attached hydrogen (secondary N) is 2. The van der Waals surface area contributed by atoms with Crippen LogP contribution in [0.25, 0.3) is 5.69 Å². The Morgan fingerprint density at radius 2 is 1.93 bits per heavy atom. The van der Waals surface area contributed by atoms with Crippen LogP contribution in [0.3, 0.4) is 0 Å². The molecule has 2 N–H and O–H groups in total. The van der Waals surface area contributed by atoms with Gasteiger partial charge >= 0.3 is 11.9 Å². The third-order valence-corrected chi connectivity index (χ3v) is 4.42. The fourth-order valence-corrected chi connectivity index (χ4v) is 2.69. The highest BCUT2D eigenvalue weighted by Gasteiger charge is 2.33. The Hall–Kier alpha value is -3.70. The zero-order valence-corrected chi connectivity index (χ0v) is 15.4. The Morgan fingerprint density at radius 3 is 2.53 bits per heavy atom. The van der Waals surface area contributed by atoms with E-state index in [-0.39, 0.29) is 23.5 Å². The lowest BCUT2D eigenvalue weighted by atomic mass is 10.2. The number of rotatable bonds is 7. The largest absolute Gasteiger partial charge is 0.435 e. The molecule has 0 aliphatic heterocycles. The average Bonchev–Trinajstić information content (AvgIpc) is 3.36. The van der Waals surface area contributed by atoms with E-state index in [2.05, 4.69) is 25.7 Å². The summed E-state index contributed by atoms with van der Waals surface area (Å²) < 4.78 is 39.2. The summed E-state index contributed by atoms with van der Waals surface area (Å²) in [6.45, 7) is 0.327. The normalized spacial score (nSPS) is 13.8. The molecule has 1 aliphatic carbocycles. The molecule has 0 amide bonds. The van der Waals surface area contributed by atoms with Gasteiger partial charge in [0.1, 0.15) is 6.20 Å². The van der Waals surface area contributed by atoms with Gasteiger partial charge in [0.2, 0.25) is 11.8 Å². The standard InChI is InChI=1S/C18H16F3N7O2/c19-18(20,21)15-7-8-27(26-15)13-5-1-11(2-6-13)9-22-17-23-10-14(28(29)30)16(25-17)24-12-3-4-12/h1-2,5-8,10,12H,3-4,9H2,(H2,22,23,24,25). The second-order valence-electron chi connectivity index (χ2n) is 6.77. The van der Waals surface area contributed by atoms with E-state index in [0.29, 0.717) is 12.2 Å². The second kappa shape index (κ2) is 7.61. The van der Waals surface area contributed by atoms with Gasteiger partial charge in [-0.15, -0.1) is 0 Å². The molecule has 0 bridgehead atoms. The molecule has 0 unspecified atom stereocenters. The molecule has 2 aromatic heterocycles. The van der Waals surface area contributed by atoms with Crippen molar-refractivity contribution in [2.45, 2.75) is 31.6 Å². The van der Waals surface area contributed by atoms with Gasteiger partial charge in [-0.1, -0.05) is 12.1 Å². The number of hydrogen-bond acceptors (Lipinski definition) is 7. The maximum Gasteiger partial charge on any atom is 0.435 e. The lowest BCUT2D eigenvalue weighted by Gasteiger charge is -2.09. The SMILES string of the molecule is O=[N+]([O-])c1cnc(NCc2ccc(-n3ccc(C(F)(F)F)n3)cc2)nc1NC1CC1. The molecule has 12 heteroatoms. The molecule has 30 heavy (non-hydrogen) atoms. The van der Waals surface area contributed by atoms with E-state index in [1.165, 1.54) is 6.20 Å². The van der Waals surface area contributed by atoms with Gasteiger partial charge in [0.15, 0.2) is 5.69 Å². The summed E-state index contributed by atoms with van der Waals surface area (Å²) in [6.07, 6.45) is -0.213. The van der Waals surface area contributed by atoms with Crippen LogP contribution in [-0.2, 0) is 12.7 Å². The van der Waals surface area contributed by atoms with Gasteiger partial charge in [-0.05, 0) is 36.6 Å². The Balaban J connectivity index is 1.43. The topological polar surface area (TPSA) is 111 Å². The molecule has 9 nitrogen and oxygen atoms in total. The van der Waals surface area contributed by atoms with Crippen molar-refractivity contribution in [2.75, 3.05) is 10.6 Å². The molecule has 0 radical (unpaired) electrons. The first-order chi connectivity index (χ1) is 14.3. The quantitative estimate of drug-likeness (QED) is 0.443. The summed E-state index contributed by atoms with van der Waals surface area (Å²) in [6, 6.07) is 7.84. The highest BCUT2D eigenvalue weighted by atomic mass is 19.4. The molecule has 2 heterocycles. The first-order valence-corrected chi connectivity index (χ1v) is 9.03. The van der Waals surface area contributed by atoms with Crippen LogP contribution in [0.4, 0.5) is 30.6 Å². The van der Waals surface area contributed by atoms with E-state index < -0.39 is 16.8 Å². The van der Waals surface area contributed by atoms with Gasteiger partial charge in [-0.3, -0.25) is 10.1 Å². The van der Waals surface area contributed by atoms with Crippen LogP contribution in [0.2, 0.25) is 0 Å². The lowest BCUT2D eigenvalue weighted by molar-refractivity contribution is -0.384. The lowest BCUT2D eigenvalue weighted by Crippen LogP contribution is -2.10. The van der Waals surface area contributed by atoms with E-state index in [1.807, 2.05) is 0 Å². The summed E-state index contributed by atoms with van der Waals surface area (Å²) in [7, 11) is 0. The van der Waals surface area contributed by atoms with Gasteiger partial charge in [-0.25, -0.2) is 9.67 Å². The summed E-state index contributed by atoms with van der Waals surface area (Å²) in [5.41, 5.74) is 0.158. The van der Waals surface area contributed by atoms with Crippen molar-refractivity contribution in [3.63, 3.8) is 0 Å². The Morgan fingerprint density at radius 1 is 1.20 bits per heavy atom. The predicted molar refractivity (Wildman–Crippen MR) is 101 cm³/mol. The molecule has 1 aliphatic rings. The van der Waals surface area contributed by atoms with Crippen molar-refractivity contribution in [3.05, 3.63) is 64.1 Å². The maximum absolute atomic E-state index is 12.7. The Kier molecular flexibility index (Phi) is 4.98. The number of halogens is 3. The molecular formula is C18H16F3N7O2. The first-order valence-electron chi connectivity index (χ1n) is 9.03. The molecule has 0 saturated heterocycles. The second-order valence-corrected chi connectivity index (χ2v) is 6.77. The number of nitrogens with zero attached hydrogens (tertiary/aromatic N) is 5. The van der Waals surface area contributed by atoms with Crippen molar-refractivity contribution in [1.29, 1.82) is 0 Å². The van der Waals surface area contributed by atoms with E-state index >= 15 is 0 Å². The predicted octanol–water partition coefficient (Wildman–Crippen LogP) is 3.78. The summed E-state index contributed by atoms with van der Waals surface area (Å²) >= 11 is 0. The van der Waals surface area contributed by atoms with Gasteiger partial charge in [-0.2, -0.15) is 23.3 Å². The molecule has 1 saturated carbocycles. The van der Waals surface area contributed by atoms with Crippen molar-refractivity contribution in [3.8, 4) is 5.69 Å². The monoisotopic (exact) mass is 419 g/mol. The van der Waals surface area contributed by atoms with Gasteiger partial charge in [0.05, 0.1) is 10.6 Å². The number of aromatic nitrogens is 4. The van der Waals surface area contributed by atoms with Crippen molar-refractivity contribution in [2.24, 2.45) is 0 Å². The first kappa shape index (κ1) is 19.6. The van der Waals surface area contributed by atoms with Gasteiger partial charge in [0, 0.05) is 18.8 Å². The van der Waals surface area contributed by atoms with Gasteiger partial charge < -0.3 is 10.6 Å². The Labute approximate surface area is 168 Å². The van der Waals surface area contributed by atoms with Crippen LogP contribution in [0.1, 0.15) is 24.1 Å². The molecule has 3 aromatic rings. The zero-order chi connectivity index (χ0) is 21.3. The molecule has 1 aromatic carbocycles. The summed E-state index contributed by atoms with van der Waals surface area (Å²) in [4.78, 5) is 18.7. The minimum atomic E-state index is -4.49. The van der Waals surface area contributed by atoms with Crippen molar-refractivity contribution < 1.29 is 18.1 Å². The van der Waals surface area contributed by atoms with E-state index in [4.69, 9.17) is 0 Å². The van der Waals surface area contributed by atoms with E-state index in [1.54, 1.807) is 24.3 Å². The van der Waals surface area contributed by atoms with Crippen molar-refractivity contribution in [1.82, 2.24) is 19.7 Å². The number of nitro groups is 1. The summed E-state index contributed by atoms with van der Waals surface area (Å²) in [5, 5.41) is 20.7. The number of alkyl halides is 3. The molecule has 0 atom stereocenters. The van der Waals surface area contributed by atoms with Crippen molar-refractivity contribution >= 4 is 17.5 Å². The molecular weight excluding hydrogens is 403 g/mol. The van der Waals surface area contributed by atoms with Crippen LogP contribution < -0.4 is 10.6 Å². The number of anilines is 2. The van der Waals surface area contributed by atoms with E-state index in [0.717, 1.165) is 35.4 Å². The fourth-order valence-electron chi connectivity index (χ4n) is 2.69. The van der Waals surface area contributed by atoms with Crippen LogP contribution in [-0.4, -0.2) is 30.7 Å². The van der Waals surface area contributed by atoms with Gasteiger partial charge in [0.25, 0.3) is 0 Å². The maximum atomic E-state index is 12.7. The minimum absolute atomic E-state index is 0.175. The van der Waals surface area contributed by atoms with Crippen LogP contribution in [0, 0.1) is 10.1 Å². The fraction of sp³-hybridized carbons (Fsp3) is 0.278. The number of benzene rings is 1. The smallest absolute Gasteiger partial charge is 0.361 e. The third kappa shape index (κ3) is 4.47. The van der Waals surface area contributed by atoms with Crippen LogP contribution >= 0.6 is 0 Å².